The molecule has 1 fully saturated rings. The molecule has 22 heavy (non-hydrogen) atoms. The second-order valence-electron chi connectivity index (χ2n) is 5.98. The summed E-state index contributed by atoms with van der Waals surface area (Å²) in [6.45, 7) is 6.01. The maximum Gasteiger partial charge on any atom is 0.222 e. The van der Waals surface area contributed by atoms with Crippen LogP contribution in [0.4, 0.5) is 0 Å². The van der Waals surface area contributed by atoms with Crippen molar-refractivity contribution in [3.63, 3.8) is 0 Å². The van der Waals surface area contributed by atoms with Crippen molar-refractivity contribution in [2.24, 2.45) is 11.7 Å². The van der Waals surface area contributed by atoms with Crippen LogP contribution in [-0.2, 0) is 16.1 Å². The minimum absolute atomic E-state index is 0.132. The molecule has 0 saturated carbocycles. The third-order valence-electron chi connectivity index (χ3n) is 4.25. The molecule has 1 aliphatic heterocycles. The zero-order valence-corrected chi connectivity index (χ0v) is 13.2. The Bertz CT molecular complexity index is 496. The quantitative estimate of drug-likeness (QED) is 0.859. The highest BCUT2D eigenvalue weighted by atomic mass is 16.2. The smallest absolute Gasteiger partial charge is 0.222 e. The minimum atomic E-state index is -0.333. The third kappa shape index (κ3) is 4.84. The van der Waals surface area contributed by atoms with E-state index < -0.39 is 0 Å². The molecule has 2 N–H and O–H groups in total. The zero-order valence-electron chi connectivity index (χ0n) is 13.2. The average Bonchev–Trinajstić information content (AvgIpc) is 2.54. The highest BCUT2D eigenvalue weighted by Crippen LogP contribution is 2.11. The molecule has 2 amide bonds. The van der Waals surface area contributed by atoms with Crippen molar-refractivity contribution in [3.05, 3.63) is 35.9 Å². The average molecular weight is 303 g/mol. The van der Waals surface area contributed by atoms with Crippen LogP contribution in [-0.4, -0.2) is 47.8 Å². The number of piperazine rings is 1. The van der Waals surface area contributed by atoms with E-state index in [1.165, 1.54) is 5.56 Å². The third-order valence-corrected chi connectivity index (χ3v) is 4.25. The van der Waals surface area contributed by atoms with E-state index >= 15 is 0 Å². The molecule has 0 aromatic heterocycles. The molecule has 1 aromatic carbocycles. The molecule has 1 atom stereocenters. The van der Waals surface area contributed by atoms with Crippen LogP contribution < -0.4 is 5.73 Å². The van der Waals surface area contributed by atoms with Crippen molar-refractivity contribution in [1.82, 2.24) is 9.80 Å². The summed E-state index contributed by atoms with van der Waals surface area (Å²) in [5, 5.41) is 0. The number of carbonyl (C=O) groups excluding carboxylic acids is 2. The molecule has 2 rings (SSSR count). The summed E-state index contributed by atoms with van der Waals surface area (Å²) in [5.74, 6) is -0.434. The van der Waals surface area contributed by atoms with Gasteiger partial charge in [-0.2, -0.15) is 0 Å². The van der Waals surface area contributed by atoms with Gasteiger partial charge >= 0.3 is 0 Å². The van der Waals surface area contributed by atoms with Gasteiger partial charge in [0.1, 0.15) is 0 Å². The maximum atomic E-state index is 12.1. The standard InChI is InChI=1S/C17H25N3O2/c1-14(17(18)22)7-8-16(21)20-11-9-19(10-12-20)13-15-5-3-2-4-6-15/h2-6,14H,7-13H2,1H3,(H2,18,22)/t14-/m0/s1. The lowest BCUT2D eigenvalue weighted by Gasteiger charge is -2.35. The van der Waals surface area contributed by atoms with Crippen molar-refractivity contribution in [1.29, 1.82) is 0 Å². The molecule has 1 saturated heterocycles. The summed E-state index contributed by atoms with van der Waals surface area (Å²) in [4.78, 5) is 27.4. The Morgan fingerprint density at radius 3 is 2.36 bits per heavy atom. The van der Waals surface area contributed by atoms with E-state index in [2.05, 4.69) is 29.2 Å². The van der Waals surface area contributed by atoms with Gasteiger partial charge in [0, 0.05) is 45.1 Å². The molecule has 0 bridgehead atoms. The van der Waals surface area contributed by atoms with Crippen LogP contribution in [0.25, 0.3) is 0 Å². The number of rotatable bonds is 6. The molecule has 0 aliphatic carbocycles. The van der Waals surface area contributed by atoms with E-state index in [4.69, 9.17) is 5.73 Å². The molecule has 1 heterocycles. The van der Waals surface area contributed by atoms with Crippen molar-refractivity contribution >= 4 is 11.8 Å². The highest BCUT2D eigenvalue weighted by molar-refractivity contribution is 5.79. The highest BCUT2D eigenvalue weighted by Gasteiger charge is 2.21. The lowest BCUT2D eigenvalue weighted by molar-refractivity contribution is -0.133. The Morgan fingerprint density at radius 1 is 1.14 bits per heavy atom. The number of primary amides is 1. The summed E-state index contributed by atoms with van der Waals surface area (Å²) in [5.41, 5.74) is 6.52. The Kier molecular flexibility index (Phi) is 5.95. The Labute approximate surface area is 132 Å². The maximum absolute atomic E-state index is 12.1. The summed E-state index contributed by atoms with van der Waals surface area (Å²) in [7, 11) is 0. The molecule has 0 radical (unpaired) electrons. The van der Waals surface area contributed by atoms with E-state index in [0.717, 1.165) is 32.7 Å². The molecular weight excluding hydrogens is 278 g/mol. The van der Waals surface area contributed by atoms with Crippen LogP contribution in [0.3, 0.4) is 0 Å². The Balaban J connectivity index is 1.72. The number of nitrogens with zero attached hydrogens (tertiary/aromatic N) is 2. The molecule has 120 valence electrons. The van der Waals surface area contributed by atoms with Crippen LogP contribution >= 0.6 is 0 Å². The number of nitrogens with two attached hydrogens (primary N) is 1. The van der Waals surface area contributed by atoms with Gasteiger partial charge in [-0.1, -0.05) is 37.3 Å². The topological polar surface area (TPSA) is 66.6 Å². The first kappa shape index (κ1) is 16.5. The molecule has 5 nitrogen and oxygen atoms in total. The Hall–Kier alpha value is -1.88. The van der Waals surface area contributed by atoms with Crippen molar-refractivity contribution < 1.29 is 9.59 Å². The van der Waals surface area contributed by atoms with E-state index in [1.807, 2.05) is 11.0 Å². The van der Waals surface area contributed by atoms with E-state index in [1.54, 1.807) is 6.92 Å². The van der Waals surface area contributed by atoms with Crippen molar-refractivity contribution in [3.8, 4) is 0 Å². The van der Waals surface area contributed by atoms with E-state index in [0.29, 0.717) is 12.8 Å². The van der Waals surface area contributed by atoms with Gasteiger partial charge in [-0.3, -0.25) is 14.5 Å². The fraction of sp³-hybridized carbons (Fsp3) is 0.529. The van der Waals surface area contributed by atoms with Gasteiger partial charge in [-0.05, 0) is 12.0 Å². The molecule has 5 heteroatoms. The van der Waals surface area contributed by atoms with Crippen LogP contribution in [0, 0.1) is 5.92 Å². The first-order valence-electron chi connectivity index (χ1n) is 7.89. The van der Waals surface area contributed by atoms with Gasteiger partial charge in [0.2, 0.25) is 11.8 Å². The van der Waals surface area contributed by atoms with Crippen LogP contribution in [0.5, 0.6) is 0 Å². The lowest BCUT2D eigenvalue weighted by atomic mass is 10.0. The summed E-state index contributed by atoms with van der Waals surface area (Å²) in [6.07, 6.45) is 0.946. The normalized spacial score (nSPS) is 17.2. The number of benzene rings is 1. The molecule has 0 unspecified atom stereocenters. The Morgan fingerprint density at radius 2 is 1.77 bits per heavy atom. The first-order chi connectivity index (χ1) is 10.6. The largest absolute Gasteiger partial charge is 0.369 e. The summed E-state index contributed by atoms with van der Waals surface area (Å²) >= 11 is 0. The first-order valence-corrected chi connectivity index (χ1v) is 7.89. The van der Waals surface area contributed by atoms with Crippen LogP contribution in [0.15, 0.2) is 30.3 Å². The van der Waals surface area contributed by atoms with Crippen molar-refractivity contribution in [2.75, 3.05) is 26.2 Å². The van der Waals surface area contributed by atoms with Gasteiger partial charge in [-0.15, -0.1) is 0 Å². The fourth-order valence-electron chi connectivity index (χ4n) is 2.64. The van der Waals surface area contributed by atoms with Crippen LogP contribution in [0.1, 0.15) is 25.3 Å². The number of carbonyl (C=O) groups is 2. The van der Waals surface area contributed by atoms with Gasteiger partial charge < -0.3 is 10.6 Å². The predicted molar refractivity (Wildman–Crippen MR) is 85.9 cm³/mol. The number of amides is 2. The molecule has 1 aliphatic rings. The van der Waals surface area contributed by atoms with E-state index in [-0.39, 0.29) is 17.7 Å². The van der Waals surface area contributed by atoms with Gasteiger partial charge in [0.25, 0.3) is 0 Å². The van der Waals surface area contributed by atoms with Gasteiger partial charge in [-0.25, -0.2) is 0 Å². The SMILES string of the molecule is C[C@@H](CCC(=O)N1CCN(Cc2ccccc2)CC1)C(N)=O. The van der Waals surface area contributed by atoms with Gasteiger partial charge in [0.05, 0.1) is 0 Å². The molecular formula is C17H25N3O2. The van der Waals surface area contributed by atoms with Crippen LogP contribution in [0.2, 0.25) is 0 Å². The monoisotopic (exact) mass is 303 g/mol. The lowest BCUT2D eigenvalue weighted by Crippen LogP contribution is -2.48. The predicted octanol–water partition coefficient (Wildman–Crippen LogP) is 1.23. The van der Waals surface area contributed by atoms with Crippen molar-refractivity contribution in [2.45, 2.75) is 26.3 Å². The molecule has 1 aromatic rings. The zero-order chi connectivity index (χ0) is 15.9. The van der Waals surface area contributed by atoms with Gasteiger partial charge in [0.15, 0.2) is 0 Å². The minimum Gasteiger partial charge on any atom is -0.369 e. The van der Waals surface area contributed by atoms with E-state index in [9.17, 15) is 9.59 Å². The second kappa shape index (κ2) is 7.94. The summed E-state index contributed by atoms with van der Waals surface area (Å²) < 4.78 is 0. The number of hydrogen-bond donors (Lipinski definition) is 1. The fourth-order valence-corrected chi connectivity index (χ4v) is 2.64. The molecule has 0 spiro atoms. The number of hydrogen-bond acceptors (Lipinski definition) is 3. The summed E-state index contributed by atoms with van der Waals surface area (Å²) in [6, 6.07) is 10.4. The second-order valence-corrected chi connectivity index (χ2v) is 5.98.